The van der Waals surface area contributed by atoms with Crippen molar-refractivity contribution < 1.29 is 32.3 Å². The quantitative estimate of drug-likeness (QED) is 0.431. The Hall–Kier alpha value is -3.44. The summed E-state index contributed by atoms with van der Waals surface area (Å²) in [5.74, 6) is -1.43. The molecule has 0 spiro atoms. The summed E-state index contributed by atoms with van der Waals surface area (Å²) in [7, 11) is -3.74. The number of amides is 2. The molecule has 2 amide bonds. The largest absolute Gasteiger partial charge is 0.484 e. The van der Waals surface area contributed by atoms with Crippen LogP contribution in [0, 0.1) is 0 Å². The third kappa shape index (κ3) is 7.53. The molecular weight excluding hydrogens is 414 g/mol. The van der Waals surface area contributed by atoms with Crippen LogP contribution in [0.4, 0.5) is 0 Å². The van der Waals surface area contributed by atoms with Crippen molar-refractivity contribution in [3.63, 3.8) is 0 Å². The topological polar surface area (TPSA) is 168 Å². The van der Waals surface area contributed by atoms with Crippen molar-refractivity contribution in [3.05, 3.63) is 59.7 Å². The van der Waals surface area contributed by atoms with Gasteiger partial charge in [0.05, 0.1) is 10.5 Å². The fourth-order valence-corrected chi connectivity index (χ4v) is 2.81. The third-order valence-electron chi connectivity index (χ3n) is 3.79. The van der Waals surface area contributed by atoms with Gasteiger partial charge < -0.3 is 20.5 Å². The Labute approximate surface area is 173 Å². The summed E-state index contributed by atoms with van der Waals surface area (Å²) in [4.78, 5) is 34.4. The molecule has 0 aromatic heterocycles. The number of primary amides is 1. The molecule has 11 heteroatoms. The second-order valence-electron chi connectivity index (χ2n) is 6.14. The monoisotopic (exact) mass is 435 g/mol. The van der Waals surface area contributed by atoms with E-state index in [1.807, 2.05) is 0 Å². The Morgan fingerprint density at radius 3 is 2.13 bits per heavy atom. The highest BCUT2D eigenvalue weighted by Gasteiger charge is 2.11. The maximum absolute atomic E-state index is 12.0. The SMILES string of the molecule is NC(=O)COc1ccc(C(=O)OCC(=O)NCCc2ccc(S(N)(=O)=O)cc2)cc1. The molecule has 5 N–H and O–H groups in total. The van der Waals surface area contributed by atoms with Crippen LogP contribution in [-0.2, 0) is 30.8 Å². The summed E-state index contributed by atoms with van der Waals surface area (Å²) >= 11 is 0. The van der Waals surface area contributed by atoms with Crippen LogP contribution in [0.1, 0.15) is 15.9 Å². The van der Waals surface area contributed by atoms with Gasteiger partial charge in [-0.1, -0.05) is 12.1 Å². The van der Waals surface area contributed by atoms with E-state index in [9.17, 15) is 22.8 Å². The van der Waals surface area contributed by atoms with E-state index in [2.05, 4.69) is 5.32 Å². The van der Waals surface area contributed by atoms with E-state index in [0.717, 1.165) is 5.56 Å². The molecule has 160 valence electrons. The molecule has 0 aliphatic heterocycles. The molecule has 0 radical (unpaired) electrons. The number of nitrogens with two attached hydrogens (primary N) is 2. The van der Waals surface area contributed by atoms with Crippen LogP contribution in [0.2, 0.25) is 0 Å². The summed E-state index contributed by atoms with van der Waals surface area (Å²) in [5, 5.41) is 7.63. The van der Waals surface area contributed by atoms with E-state index in [-0.39, 0.29) is 23.6 Å². The van der Waals surface area contributed by atoms with Gasteiger partial charge in [-0.3, -0.25) is 9.59 Å². The number of rotatable bonds is 10. The maximum Gasteiger partial charge on any atom is 0.338 e. The van der Waals surface area contributed by atoms with Gasteiger partial charge in [-0.15, -0.1) is 0 Å². The second kappa shape index (κ2) is 10.4. The number of carbonyl (C=O) groups excluding carboxylic acids is 3. The highest BCUT2D eigenvalue weighted by Crippen LogP contribution is 2.13. The van der Waals surface area contributed by atoms with Crippen molar-refractivity contribution in [3.8, 4) is 5.75 Å². The summed E-state index contributed by atoms with van der Waals surface area (Å²) in [6, 6.07) is 11.8. The first-order chi connectivity index (χ1) is 14.1. The van der Waals surface area contributed by atoms with E-state index in [1.54, 1.807) is 12.1 Å². The first-order valence-electron chi connectivity index (χ1n) is 8.72. The molecule has 0 atom stereocenters. The normalized spacial score (nSPS) is 10.8. The molecule has 0 bridgehead atoms. The molecule has 2 rings (SSSR count). The standard InChI is InChI=1S/C19H21N3O7S/c20-17(23)11-28-15-5-3-14(4-6-15)19(25)29-12-18(24)22-10-9-13-1-7-16(8-2-13)30(21,26)27/h1-8H,9-12H2,(H2,20,23)(H,22,24)(H2,21,26,27). The fraction of sp³-hybridized carbons (Fsp3) is 0.211. The molecule has 2 aromatic rings. The maximum atomic E-state index is 12.0. The highest BCUT2D eigenvalue weighted by molar-refractivity contribution is 7.89. The fourth-order valence-electron chi connectivity index (χ4n) is 2.30. The van der Waals surface area contributed by atoms with E-state index in [1.165, 1.54) is 36.4 Å². The minimum atomic E-state index is -3.74. The predicted molar refractivity (Wildman–Crippen MR) is 106 cm³/mol. The van der Waals surface area contributed by atoms with Gasteiger partial charge in [0.15, 0.2) is 13.2 Å². The molecule has 0 aliphatic rings. The summed E-state index contributed by atoms with van der Waals surface area (Å²) < 4.78 is 32.4. The van der Waals surface area contributed by atoms with Crippen LogP contribution in [0.25, 0.3) is 0 Å². The summed E-state index contributed by atoms with van der Waals surface area (Å²) in [6.45, 7) is -0.458. The highest BCUT2D eigenvalue weighted by atomic mass is 32.2. The average molecular weight is 435 g/mol. The molecule has 0 saturated heterocycles. The van der Waals surface area contributed by atoms with E-state index >= 15 is 0 Å². The van der Waals surface area contributed by atoms with E-state index in [0.29, 0.717) is 12.2 Å². The number of esters is 1. The minimum Gasteiger partial charge on any atom is -0.484 e. The average Bonchev–Trinajstić information content (AvgIpc) is 2.70. The van der Waals surface area contributed by atoms with Crippen molar-refractivity contribution in [2.75, 3.05) is 19.8 Å². The molecule has 0 fully saturated rings. The molecule has 0 heterocycles. The van der Waals surface area contributed by atoms with Gasteiger partial charge in [0.25, 0.3) is 11.8 Å². The van der Waals surface area contributed by atoms with Crippen molar-refractivity contribution in [2.45, 2.75) is 11.3 Å². The number of hydrogen-bond donors (Lipinski definition) is 3. The smallest absolute Gasteiger partial charge is 0.338 e. The first-order valence-corrected chi connectivity index (χ1v) is 10.3. The lowest BCUT2D eigenvalue weighted by Gasteiger charge is -2.08. The van der Waals surface area contributed by atoms with Gasteiger partial charge >= 0.3 is 5.97 Å². The lowest BCUT2D eigenvalue weighted by molar-refractivity contribution is -0.124. The Morgan fingerprint density at radius 1 is 0.933 bits per heavy atom. The van der Waals surface area contributed by atoms with Gasteiger partial charge in [-0.2, -0.15) is 0 Å². The predicted octanol–water partition coefficient (Wildman–Crippen LogP) is -0.286. The number of hydrogen-bond acceptors (Lipinski definition) is 7. The van der Waals surface area contributed by atoms with E-state index in [4.69, 9.17) is 20.3 Å². The van der Waals surface area contributed by atoms with Crippen LogP contribution < -0.4 is 20.9 Å². The molecule has 30 heavy (non-hydrogen) atoms. The number of sulfonamides is 1. The molecule has 10 nitrogen and oxygen atoms in total. The van der Waals surface area contributed by atoms with Gasteiger partial charge in [0.2, 0.25) is 10.0 Å². The zero-order valence-corrected chi connectivity index (χ0v) is 16.7. The van der Waals surface area contributed by atoms with Gasteiger partial charge in [-0.25, -0.2) is 18.4 Å². The van der Waals surface area contributed by atoms with Crippen molar-refractivity contribution in [1.82, 2.24) is 5.32 Å². The Bertz CT molecular complexity index is 1000. The molecule has 0 saturated carbocycles. The zero-order valence-electron chi connectivity index (χ0n) is 15.9. The molecule has 0 unspecified atom stereocenters. The van der Waals surface area contributed by atoms with Crippen LogP contribution in [0.5, 0.6) is 5.75 Å². The number of benzene rings is 2. The Kier molecular flexibility index (Phi) is 7.90. The number of ether oxygens (including phenoxy) is 2. The molecular formula is C19H21N3O7S. The van der Waals surface area contributed by atoms with Crippen LogP contribution in [0.15, 0.2) is 53.4 Å². The van der Waals surface area contributed by atoms with Gasteiger partial charge in [0.1, 0.15) is 5.75 Å². The Balaban J connectivity index is 1.72. The van der Waals surface area contributed by atoms with Crippen molar-refractivity contribution in [1.29, 1.82) is 0 Å². The van der Waals surface area contributed by atoms with Gasteiger partial charge in [0, 0.05) is 6.54 Å². The number of primary sulfonamides is 1. The minimum absolute atomic E-state index is 0.00895. The van der Waals surface area contributed by atoms with Crippen LogP contribution >= 0.6 is 0 Å². The summed E-state index contributed by atoms with van der Waals surface area (Å²) in [6.07, 6.45) is 0.456. The lowest BCUT2D eigenvalue weighted by Crippen LogP contribution is -2.30. The van der Waals surface area contributed by atoms with E-state index < -0.39 is 34.4 Å². The number of carbonyl (C=O) groups is 3. The zero-order chi connectivity index (χ0) is 22.1. The second-order valence-corrected chi connectivity index (χ2v) is 7.71. The van der Waals surface area contributed by atoms with Crippen LogP contribution in [0.3, 0.4) is 0 Å². The number of nitrogens with one attached hydrogen (secondary N) is 1. The third-order valence-corrected chi connectivity index (χ3v) is 4.72. The summed E-state index contributed by atoms with van der Waals surface area (Å²) in [5.41, 5.74) is 5.99. The Morgan fingerprint density at radius 2 is 1.57 bits per heavy atom. The van der Waals surface area contributed by atoms with Crippen molar-refractivity contribution in [2.24, 2.45) is 10.9 Å². The first kappa shape index (κ1) is 22.8. The van der Waals surface area contributed by atoms with Crippen molar-refractivity contribution >= 4 is 27.8 Å². The molecule has 0 aliphatic carbocycles. The molecule has 2 aromatic carbocycles. The van der Waals surface area contributed by atoms with Crippen LogP contribution in [-0.4, -0.2) is 46.0 Å². The van der Waals surface area contributed by atoms with Gasteiger partial charge in [-0.05, 0) is 48.4 Å². The lowest BCUT2D eigenvalue weighted by atomic mass is 10.1.